The molecule has 0 heterocycles. The highest BCUT2D eigenvalue weighted by Gasteiger charge is 2.35. The first-order chi connectivity index (χ1) is 23.8. The van der Waals surface area contributed by atoms with Crippen LogP contribution in [-0.2, 0) is 16.0 Å². The predicted octanol–water partition coefficient (Wildman–Crippen LogP) is 6.53. The molecule has 0 spiro atoms. The van der Waals surface area contributed by atoms with Crippen LogP contribution in [0, 0.1) is 0 Å². The molecule has 8 nitrogen and oxygen atoms in total. The molecule has 0 aliphatic carbocycles. The summed E-state index contributed by atoms with van der Waals surface area (Å²) in [4.78, 5) is 27.4. The molecule has 5 N–H and O–H groups in total. The zero-order valence-corrected chi connectivity index (χ0v) is 27.3. The second-order valence-corrected chi connectivity index (χ2v) is 12.0. The molecule has 0 saturated carbocycles. The highest BCUT2D eigenvalue weighted by Crippen LogP contribution is 2.30. The first kappa shape index (κ1) is 40.2. The van der Waals surface area contributed by atoms with E-state index >= 15 is 0 Å². The Kier molecular flexibility index (Phi) is 15.6. The molecule has 0 radical (unpaired) electrons. The molecule has 0 aliphatic rings. The largest absolute Gasteiger partial charge is 0.497 e. The van der Waals surface area contributed by atoms with Crippen LogP contribution >= 0.6 is 0 Å². The highest BCUT2D eigenvalue weighted by molar-refractivity contribution is 5.82. The van der Waals surface area contributed by atoms with Crippen molar-refractivity contribution in [2.75, 3.05) is 7.11 Å². The van der Waals surface area contributed by atoms with Gasteiger partial charge in [0.15, 0.2) is 6.10 Å². The molecule has 0 saturated heterocycles. The van der Waals surface area contributed by atoms with Gasteiger partial charge in [-0.1, -0.05) is 148 Å². The Balaban J connectivity index is 0.00000351. The summed E-state index contributed by atoms with van der Waals surface area (Å²) in [6.07, 6.45) is -4.57. The van der Waals surface area contributed by atoms with Gasteiger partial charge in [0.1, 0.15) is 18.0 Å². The molecular formula is C43H50N2O6. The number of carbonyl (C=O) groups excluding carboxylic acids is 2. The van der Waals surface area contributed by atoms with Crippen LogP contribution in [0.3, 0.4) is 0 Å². The quantitative estimate of drug-likeness (QED) is 0.0851. The lowest BCUT2D eigenvalue weighted by molar-refractivity contribution is -0.139. The van der Waals surface area contributed by atoms with Crippen molar-refractivity contribution in [2.45, 2.75) is 64.0 Å². The van der Waals surface area contributed by atoms with Gasteiger partial charge in [0.2, 0.25) is 5.91 Å². The maximum absolute atomic E-state index is 13.7. The first-order valence-electron chi connectivity index (χ1n) is 16.3. The van der Waals surface area contributed by atoms with Gasteiger partial charge in [0, 0.05) is 12.3 Å². The summed E-state index contributed by atoms with van der Waals surface area (Å²) in [5.41, 5.74) is 3.86. The number of ether oxygens (including phenoxy) is 1. The Morgan fingerprint density at radius 1 is 0.608 bits per heavy atom. The topological polar surface area (TPSA) is 128 Å². The molecule has 8 heteroatoms. The number of rotatable bonds is 15. The molecule has 5 atom stereocenters. The predicted molar refractivity (Wildman–Crippen MR) is 202 cm³/mol. The maximum Gasteiger partial charge on any atom is 0.252 e. The third-order valence-corrected chi connectivity index (χ3v) is 8.67. The molecule has 5 unspecified atom stereocenters. The van der Waals surface area contributed by atoms with E-state index in [1.807, 2.05) is 72.8 Å². The minimum absolute atomic E-state index is 0. The van der Waals surface area contributed by atoms with Crippen molar-refractivity contribution in [1.29, 1.82) is 0 Å². The summed E-state index contributed by atoms with van der Waals surface area (Å²) in [6.45, 7) is 0. The fourth-order valence-corrected chi connectivity index (χ4v) is 5.98. The van der Waals surface area contributed by atoms with Crippen molar-refractivity contribution in [1.82, 2.24) is 10.6 Å². The summed E-state index contributed by atoms with van der Waals surface area (Å²) in [5, 5.41) is 39.8. The summed E-state index contributed by atoms with van der Waals surface area (Å²) in [7, 11) is 1.56. The van der Waals surface area contributed by atoms with Crippen LogP contribution in [0.5, 0.6) is 5.75 Å². The second-order valence-electron chi connectivity index (χ2n) is 12.0. The van der Waals surface area contributed by atoms with Gasteiger partial charge in [-0.3, -0.25) is 9.59 Å². The van der Waals surface area contributed by atoms with Gasteiger partial charge in [-0.25, -0.2) is 0 Å². The number of aliphatic hydroxyl groups is 3. The van der Waals surface area contributed by atoms with E-state index in [2.05, 4.69) is 10.6 Å². The summed E-state index contributed by atoms with van der Waals surface area (Å²) < 4.78 is 5.28. The van der Waals surface area contributed by atoms with E-state index in [9.17, 15) is 24.9 Å². The van der Waals surface area contributed by atoms with Gasteiger partial charge in [0.25, 0.3) is 5.91 Å². The SMILES string of the molecule is C.C.COc1ccc(CC(NC(=O)CC(c2ccccc2)c2ccccc2)C(O)C(O)C(=O)NC(c2ccccc2)C(O)c2ccccc2)cc1. The van der Waals surface area contributed by atoms with E-state index in [4.69, 9.17) is 4.74 Å². The monoisotopic (exact) mass is 690 g/mol. The molecule has 0 bridgehead atoms. The van der Waals surface area contributed by atoms with Crippen molar-refractivity contribution in [2.24, 2.45) is 0 Å². The van der Waals surface area contributed by atoms with Crippen molar-refractivity contribution < 1.29 is 29.6 Å². The molecular weight excluding hydrogens is 640 g/mol. The zero-order valence-electron chi connectivity index (χ0n) is 27.3. The van der Waals surface area contributed by atoms with Crippen LogP contribution in [0.4, 0.5) is 0 Å². The third kappa shape index (κ3) is 10.9. The maximum atomic E-state index is 13.7. The number of nitrogens with one attached hydrogen (secondary N) is 2. The normalized spacial score (nSPS) is 13.7. The van der Waals surface area contributed by atoms with Gasteiger partial charge in [-0.05, 0) is 46.4 Å². The standard InChI is InChI=1S/C41H42N2O6.2CH4/c1-49-33-24-22-28(23-25-33)26-35(42-36(44)27-34(29-14-6-2-7-15-29)30-16-8-3-9-17-30)39(46)40(47)41(48)43-37(31-18-10-4-11-19-31)38(45)32-20-12-5-13-21-32;;/h2-25,34-35,37-40,45-47H,26-27H2,1H3,(H,42,44)(H,43,48);2*1H4. The molecule has 2 amide bonds. The van der Waals surface area contributed by atoms with Gasteiger partial charge in [-0.15, -0.1) is 0 Å². The summed E-state index contributed by atoms with van der Waals surface area (Å²) >= 11 is 0. The molecule has 0 aromatic heterocycles. The fourth-order valence-electron chi connectivity index (χ4n) is 5.98. The molecule has 5 aromatic carbocycles. The lowest BCUT2D eigenvalue weighted by Gasteiger charge is -2.30. The van der Waals surface area contributed by atoms with Crippen LogP contribution in [0.1, 0.15) is 67.2 Å². The first-order valence-corrected chi connectivity index (χ1v) is 16.3. The fraction of sp³-hybridized carbons (Fsp3) is 0.256. The van der Waals surface area contributed by atoms with Crippen LogP contribution < -0.4 is 15.4 Å². The van der Waals surface area contributed by atoms with Gasteiger partial charge >= 0.3 is 0 Å². The smallest absolute Gasteiger partial charge is 0.252 e. The Labute approximate surface area is 301 Å². The molecule has 268 valence electrons. The lowest BCUT2D eigenvalue weighted by atomic mass is 9.88. The third-order valence-electron chi connectivity index (χ3n) is 8.67. The number of carbonyl (C=O) groups is 2. The van der Waals surface area contributed by atoms with Gasteiger partial charge < -0.3 is 30.7 Å². The van der Waals surface area contributed by atoms with Crippen molar-refractivity contribution in [3.8, 4) is 5.75 Å². The molecule has 0 aliphatic heterocycles. The Hall–Kier alpha value is -5.28. The van der Waals surface area contributed by atoms with Crippen molar-refractivity contribution >= 4 is 11.8 Å². The van der Waals surface area contributed by atoms with Gasteiger partial charge in [-0.2, -0.15) is 0 Å². The zero-order chi connectivity index (χ0) is 34.6. The highest BCUT2D eigenvalue weighted by atomic mass is 16.5. The molecule has 5 rings (SSSR count). The van der Waals surface area contributed by atoms with Gasteiger partial charge in [0.05, 0.1) is 19.2 Å². The average molecular weight is 691 g/mol. The number of aliphatic hydroxyl groups excluding tert-OH is 3. The van der Waals surface area contributed by atoms with Crippen LogP contribution in [0.25, 0.3) is 0 Å². The minimum Gasteiger partial charge on any atom is -0.497 e. The second kappa shape index (κ2) is 19.8. The number of amides is 2. The molecule has 5 aromatic rings. The van der Waals surface area contributed by atoms with Crippen molar-refractivity contribution in [3.05, 3.63) is 173 Å². The average Bonchev–Trinajstić information content (AvgIpc) is 3.16. The summed E-state index contributed by atoms with van der Waals surface area (Å²) in [5.74, 6) is -0.872. The Morgan fingerprint density at radius 2 is 1.06 bits per heavy atom. The van der Waals surface area contributed by atoms with E-state index in [0.29, 0.717) is 16.9 Å². The van der Waals surface area contributed by atoms with E-state index in [1.165, 1.54) is 0 Å². The number of hydrogen-bond donors (Lipinski definition) is 5. The van der Waals surface area contributed by atoms with E-state index in [0.717, 1.165) is 16.7 Å². The van der Waals surface area contributed by atoms with E-state index < -0.39 is 36.3 Å². The summed E-state index contributed by atoms with van der Waals surface area (Å²) in [6, 6.07) is 42.4. The number of benzene rings is 5. The van der Waals surface area contributed by atoms with Crippen LogP contribution in [0.15, 0.2) is 146 Å². The van der Waals surface area contributed by atoms with Crippen LogP contribution in [-0.4, -0.2) is 52.5 Å². The number of hydrogen-bond acceptors (Lipinski definition) is 6. The Morgan fingerprint density at radius 3 is 1.53 bits per heavy atom. The molecule has 0 fully saturated rings. The van der Waals surface area contributed by atoms with E-state index in [1.54, 1.807) is 79.9 Å². The lowest BCUT2D eigenvalue weighted by Crippen LogP contribution is -2.55. The van der Waals surface area contributed by atoms with Crippen LogP contribution in [0.2, 0.25) is 0 Å². The minimum atomic E-state index is -1.93. The van der Waals surface area contributed by atoms with E-state index in [-0.39, 0.29) is 39.5 Å². The Bertz CT molecular complexity index is 1700. The van der Waals surface area contributed by atoms with Crippen molar-refractivity contribution in [3.63, 3.8) is 0 Å². The molecule has 51 heavy (non-hydrogen) atoms. The number of methoxy groups -OCH3 is 1.